The summed E-state index contributed by atoms with van der Waals surface area (Å²) in [5, 5.41) is 6.03. The van der Waals surface area contributed by atoms with Gasteiger partial charge in [0.25, 0.3) is 11.8 Å². The van der Waals surface area contributed by atoms with Gasteiger partial charge in [-0.15, -0.1) is 0 Å². The minimum atomic E-state index is -0.320. The summed E-state index contributed by atoms with van der Waals surface area (Å²) in [6.07, 6.45) is 4.64. The third-order valence-electron chi connectivity index (χ3n) is 5.27. The molecule has 1 aromatic carbocycles. The van der Waals surface area contributed by atoms with Crippen molar-refractivity contribution in [3.8, 4) is 0 Å². The number of nitrogens with zero attached hydrogens (tertiary/aromatic N) is 3. The maximum Gasteiger partial charge on any atom is 0.260 e. The van der Waals surface area contributed by atoms with Crippen molar-refractivity contribution in [1.82, 2.24) is 9.97 Å². The average molecular weight is 425 g/mol. The van der Waals surface area contributed by atoms with E-state index in [0.717, 1.165) is 22.8 Å². The first-order valence-electron chi connectivity index (χ1n) is 10.0. The first-order valence-corrected chi connectivity index (χ1v) is 10.0. The van der Waals surface area contributed by atoms with E-state index in [1.807, 2.05) is 36.4 Å². The summed E-state index contributed by atoms with van der Waals surface area (Å²) in [6.45, 7) is 2.08. The van der Waals surface area contributed by atoms with Crippen LogP contribution in [-0.2, 0) is 6.54 Å². The first kappa shape index (κ1) is 19.5. The van der Waals surface area contributed by atoms with Crippen LogP contribution < -0.4 is 15.5 Å². The molecule has 0 radical (unpaired) electrons. The number of amides is 2. The Morgan fingerprint density at radius 1 is 1.06 bits per heavy atom. The summed E-state index contributed by atoms with van der Waals surface area (Å²) in [7, 11) is 0. The molecule has 0 fully saturated rings. The van der Waals surface area contributed by atoms with Crippen molar-refractivity contribution in [2.24, 2.45) is 0 Å². The molecule has 1 aliphatic rings. The number of anilines is 4. The molecule has 5 rings (SSSR count). The van der Waals surface area contributed by atoms with E-state index in [1.54, 1.807) is 36.2 Å². The Labute approximate surface area is 183 Å². The minimum absolute atomic E-state index is 0.202. The lowest BCUT2D eigenvalue weighted by molar-refractivity contribution is 0.0984. The quantitative estimate of drug-likeness (QED) is 0.500. The number of pyridine rings is 2. The molecular formula is C24H19N5O3. The number of fused-ring (bicyclic) bond motifs is 2. The lowest BCUT2D eigenvalue weighted by atomic mass is 10.1. The second kappa shape index (κ2) is 7.99. The van der Waals surface area contributed by atoms with Crippen LogP contribution in [0.3, 0.4) is 0 Å². The monoisotopic (exact) mass is 425 g/mol. The standard InChI is InChI=1S/C24H19N5O3/c1-15-18(10-12-32-15)23(30)28-21-9-8-16(13-26-21)24(31)29-14-17-5-4-11-25-22(17)27-19-6-2-3-7-20(19)29/h2-13H,14H2,1H3,(H,25,27)(H,26,28,30). The molecule has 0 saturated heterocycles. The topological polar surface area (TPSA) is 100 Å². The Morgan fingerprint density at radius 3 is 2.72 bits per heavy atom. The third-order valence-corrected chi connectivity index (χ3v) is 5.27. The smallest absolute Gasteiger partial charge is 0.260 e. The lowest BCUT2D eigenvalue weighted by Crippen LogP contribution is -2.30. The lowest BCUT2D eigenvalue weighted by Gasteiger charge is -2.22. The second-order valence-corrected chi connectivity index (χ2v) is 7.32. The van der Waals surface area contributed by atoms with Crippen molar-refractivity contribution in [2.45, 2.75) is 13.5 Å². The van der Waals surface area contributed by atoms with Crippen molar-refractivity contribution in [1.29, 1.82) is 0 Å². The Kier molecular flexibility index (Phi) is 4.87. The molecule has 0 saturated carbocycles. The summed E-state index contributed by atoms with van der Waals surface area (Å²) in [5.74, 6) is 1.07. The molecule has 8 heteroatoms. The number of carbonyl (C=O) groups excluding carboxylic acids is 2. The zero-order valence-corrected chi connectivity index (χ0v) is 17.2. The molecular weight excluding hydrogens is 406 g/mol. The molecule has 4 heterocycles. The second-order valence-electron chi connectivity index (χ2n) is 7.32. The third kappa shape index (κ3) is 3.58. The predicted octanol–water partition coefficient (Wildman–Crippen LogP) is 4.53. The zero-order chi connectivity index (χ0) is 22.1. The number of nitrogens with one attached hydrogen (secondary N) is 2. The van der Waals surface area contributed by atoms with Crippen molar-refractivity contribution in [2.75, 3.05) is 15.5 Å². The van der Waals surface area contributed by atoms with Gasteiger partial charge in [-0.3, -0.25) is 9.59 Å². The zero-order valence-electron chi connectivity index (χ0n) is 17.2. The largest absolute Gasteiger partial charge is 0.469 e. The molecule has 3 aromatic heterocycles. The Hall–Kier alpha value is -4.46. The minimum Gasteiger partial charge on any atom is -0.469 e. The van der Waals surface area contributed by atoms with Crippen LogP contribution in [0.1, 0.15) is 32.0 Å². The first-order chi connectivity index (χ1) is 15.6. The van der Waals surface area contributed by atoms with Crippen LogP contribution in [0, 0.1) is 6.92 Å². The molecule has 0 spiro atoms. The fourth-order valence-electron chi connectivity index (χ4n) is 3.61. The van der Waals surface area contributed by atoms with Gasteiger partial charge in [-0.2, -0.15) is 0 Å². The van der Waals surface area contributed by atoms with E-state index in [9.17, 15) is 9.59 Å². The summed E-state index contributed by atoms with van der Waals surface area (Å²) in [4.78, 5) is 36.1. The van der Waals surface area contributed by atoms with E-state index in [1.165, 1.54) is 12.5 Å². The van der Waals surface area contributed by atoms with Crippen LogP contribution in [-0.4, -0.2) is 21.8 Å². The molecule has 0 unspecified atom stereocenters. The molecule has 32 heavy (non-hydrogen) atoms. The fraction of sp³-hybridized carbons (Fsp3) is 0.0833. The van der Waals surface area contributed by atoms with E-state index in [2.05, 4.69) is 20.6 Å². The van der Waals surface area contributed by atoms with Crippen molar-refractivity contribution in [3.63, 3.8) is 0 Å². The van der Waals surface area contributed by atoms with Crippen LogP contribution in [0.2, 0.25) is 0 Å². The molecule has 0 aliphatic carbocycles. The number of aryl methyl sites for hydroxylation is 1. The molecule has 8 nitrogen and oxygen atoms in total. The normalized spacial score (nSPS) is 12.2. The van der Waals surface area contributed by atoms with Gasteiger partial charge in [0.2, 0.25) is 0 Å². The molecule has 4 aromatic rings. The van der Waals surface area contributed by atoms with Gasteiger partial charge in [-0.25, -0.2) is 9.97 Å². The Morgan fingerprint density at radius 2 is 1.94 bits per heavy atom. The van der Waals surface area contributed by atoms with Gasteiger partial charge in [0.15, 0.2) is 0 Å². The number of aromatic nitrogens is 2. The van der Waals surface area contributed by atoms with E-state index >= 15 is 0 Å². The van der Waals surface area contributed by atoms with Crippen LogP contribution >= 0.6 is 0 Å². The molecule has 158 valence electrons. The van der Waals surface area contributed by atoms with Crippen LogP contribution in [0.15, 0.2) is 77.7 Å². The number of para-hydroxylation sites is 2. The average Bonchev–Trinajstić information content (AvgIpc) is 3.17. The number of furan rings is 1. The summed E-state index contributed by atoms with van der Waals surface area (Å²) < 4.78 is 5.16. The maximum atomic E-state index is 13.4. The Bertz CT molecular complexity index is 1310. The van der Waals surface area contributed by atoms with E-state index in [-0.39, 0.29) is 11.8 Å². The van der Waals surface area contributed by atoms with Crippen LogP contribution in [0.4, 0.5) is 23.0 Å². The van der Waals surface area contributed by atoms with E-state index < -0.39 is 0 Å². The highest BCUT2D eigenvalue weighted by molar-refractivity contribution is 6.09. The number of carbonyl (C=O) groups is 2. The highest BCUT2D eigenvalue weighted by Gasteiger charge is 2.25. The van der Waals surface area contributed by atoms with Gasteiger partial charge in [0.1, 0.15) is 17.4 Å². The van der Waals surface area contributed by atoms with Gasteiger partial charge in [0, 0.05) is 18.0 Å². The van der Waals surface area contributed by atoms with Gasteiger partial charge in [0.05, 0.1) is 35.3 Å². The summed E-state index contributed by atoms with van der Waals surface area (Å²) in [6, 6.07) is 16.2. The summed E-state index contributed by atoms with van der Waals surface area (Å²) >= 11 is 0. The molecule has 0 bridgehead atoms. The van der Waals surface area contributed by atoms with Crippen LogP contribution in [0.5, 0.6) is 0 Å². The number of hydrogen-bond donors (Lipinski definition) is 2. The molecule has 0 atom stereocenters. The van der Waals surface area contributed by atoms with Gasteiger partial charge < -0.3 is 20.0 Å². The van der Waals surface area contributed by atoms with E-state index in [4.69, 9.17) is 4.42 Å². The van der Waals surface area contributed by atoms with Gasteiger partial charge in [-0.1, -0.05) is 18.2 Å². The van der Waals surface area contributed by atoms with Gasteiger partial charge in [-0.05, 0) is 43.3 Å². The van der Waals surface area contributed by atoms with Gasteiger partial charge >= 0.3 is 0 Å². The van der Waals surface area contributed by atoms with Crippen molar-refractivity contribution in [3.05, 3.63) is 95.7 Å². The maximum absolute atomic E-state index is 13.4. The van der Waals surface area contributed by atoms with E-state index in [0.29, 0.717) is 29.2 Å². The molecule has 2 N–H and O–H groups in total. The molecule has 2 amide bonds. The highest BCUT2D eigenvalue weighted by Crippen LogP contribution is 2.35. The SMILES string of the molecule is Cc1occc1C(=O)Nc1ccc(C(=O)N2Cc3cccnc3Nc3ccccc32)cn1. The fourth-order valence-corrected chi connectivity index (χ4v) is 3.61. The Balaban J connectivity index is 1.41. The summed E-state index contributed by atoms with van der Waals surface area (Å²) in [5.41, 5.74) is 3.30. The van der Waals surface area contributed by atoms with Crippen LogP contribution in [0.25, 0.3) is 0 Å². The number of rotatable bonds is 3. The highest BCUT2D eigenvalue weighted by atomic mass is 16.3. The van der Waals surface area contributed by atoms with Crippen molar-refractivity contribution < 1.29 is 14.0 Å². The number of hydrogen-bond acceptors (Lipinski definition) is 6. The predicted molar refractivity (Wildman–Crippen MR) is 120 cm³/mol. The molecule has 1 aliphatic heterocycles. The van der Waals surface area contributed by atoms with Crippen molar-refractivity contribution >= 4 is 34.8 Å². The number of benzene rings is 1.